The first-order valence-corrected chi connectivity index (χ1v) is 26.2. The standard InChI is InChI=1S/C55H48N2SSi/c1-55(2)44-35-37(28-32-41(44)42-33-31-39(36-45(42)55)56-47-19-9-13-23-51(47)58(3,4)52-24-14-10-20-48(52)56)27-29-38-30-34-46(43-18-8-7-17-40(38)43)57-49-21-11-15-25-53(49)59(5,6)54-26-16-12-22-50(54)57/h7-36H,1-6H3. The van der Waals surface area contributed by atoms with Crippen LogP contribution < -0.4 is 20.2 Å². The molecule has 0 bridgehead atoms. The Hall–Kier alpha value is -6.07. The summed E-state index contributed by atoms with van der Waals surface area (Å²) in [6, 6.07) is 63.9. The fraction of sp³-hybridized carbons (Fsp3) is 0.127. The van der Waals surface area contributed by atoms with E-state index in [2.05, 4.69) is 231 Å². The van der Waals surface area contributed by atoms with E-state index in [0.29, 0.717) is 0 Å². The average molecular weight is 797 g/mol. The van der Waals surface area contributed by atoms with Gasteiger partial charge in [0.25, 0.3) is 0 Å². The molecule has 0 atom stereocenters. The smallest absolute Gasteiger partial charge is 0.117 e. The van der Waals surface area contributed by atoms with Crippen LogP contribution in [0.1, 0.15) is 36.1 Å². The zero-order valence-corrected chi connectivity index (χ0v) is 36.4. The number of hydrogen-bond acceptors (Lipinski definition) is 2. The van der Waals surface area contributed by atoms with E-state index in [9.17, 15) is 0 Å². The second-order valence-corrected chi connectivity index (χ2v) is 25.7. The lowest BCUT2D eigenvalue weighted by atomic mass is 9.81. The van der Waals surface area contributed by atoms with Crippen molar-refractivity contribution >= 4 is 85.5 Å². The topological polar surface area (TPSA) is 6.48 Å². The Balaban J connectivity index is 0.953. The molecule has 0 N–H and O–H groups in total. The van der Waals surface area contributed by atoms with Gasteiger partial charge in [-0.05, 0) is 116 Å². The second kappa shape index (κ2) is 13.0. The Morgan fingerprint density at radius 1 is 0.475 bits per heavy atom. The van der Waals surface area contributed by atoms with E-state index < -0.39 is 18.1 Å². The predicted octanol–water partition coefficient (Wildman–Crippen LogP) is 14.2. The fourth-order valence-corrected chi connectivity index (χ4v) is 15.8. The van der Waals surface area contributed by atoms with Crippen LogP contribution in [0.4, 0.5) is 34.1 Å². The van der Waals surface area contributed by atoms with Gasteiger partial charge in [0.05, 0.1) is 17.1 Å². The van der Waals surface area contributed by atoms with E-state index >= 15 is 0 Å². The minimum absolute atomic E-state index is 0.156. The van der Waals surface area contributed by atoms with Crippen molar-refractivity contribution in [3.63, 3.8) is 0 Å². The molecule has 0 saturated carbocycles. The van der Waals surface area contributed by atoms with Gasteiger partial charge in [-0.15, -0.1) is 0 Å². The van der Waals surface area contributed by atoms with E-state index in [1.165, 1.54) is 98.4 Å². The van der Waals surface area contributed by atoms with Crippen LogP contribution in [0.25, 0.3) is 34.1 Å². The Bertz CT molecular complexity index is 2960. The van der Waals surface area contributed by atoms with Gasteiger partial charge >= 0.3 is 0 Å². The highest BCUT2D eigenvalue weighted by molar-refractivity contribution is 8.33. The number of nitrogens with zero attached hydrogens (tertiary/aromatic N) is 2. The minimum atomic E-state index is -1.87. The Morgan fingerprint density at radius 3 is 1.64 bits per heavy atom. The van der Waals surface area contributed by atoms with Crippen LogP contribution in [0.2, 0.25) is 13.1 Å². The first-order chi connectivity index (χ1) is 28.5. The lowest BCUT2D eigenvalue weighted by molar-refractivity contribution is 0.660. The maximum atomic E-state index is 2.51. The van der Waals surface area contributed by atoms with Gasteiger partial charge in [-0.2, -0.15) is 10.0 Å². The maximum absolute atomic E-state index is 2.51. The van der Waals surface area contributed by atoms with Gasteiger partial charge in [0.2, 0.25) is 0 Å². The summed E-state index contributed by atoms with van der Waals surface area (Å²) in [5, 5.41) is 5.48. The van der Waals surface area contributed by atoms with E-state index in [1.807, 2.05) is 0 Å². The van der Waals surface area contributed by atoms with Crippen LogP contribution in [0.5, 0.6) is 0 Å². The molecule has 288 valence electrons. The molecule has 0 saturated heterocycles. The largest absolute Gasteiger partial charge is 0.310 e. The Morgan fingerprint density at radius 2 is 1.00 bits per heavy atom. The first-order valence-electron chi connectivity index (χ1n) is 20.8. The Kier molecular flexibility index (Phi) is 7.92. The summed E-state index contributed by atoms with van der Waals surface area (Å²) in [5.74, 6) is 0. The second-order valence-electron chi connectivity index (χ2n) is 17.8. The van der Waals surface area contributed by atoms with Crippen molar-refractivity contribution < 1.29 is 0 Å². The van der Waals surface area contributed by atoms with Gasteiger partial charge < -0.3 is 9.80 Å². The van der Waals surface area contributed by atoms with Crippen molar-refractivity contribution in [2.75, 3.05) is 22.3 Å². The average Bonchev–Trinajstić information content (AvgIpc) is 3.48. The summed E-state index contributed by atoms with van der Waals surface area (Å²) in [6.07, 6.45) is 9.48. The highest BCUT2D eigenvalue weighted by Gasteiger charge is 2.40. The molecule has 0 unspecified atom stereocenters. The molecule has 8 aromatic carbocycles. The third kappa shape index (κ3) is 5.26. The number of benzene rings is 8. The molecule has 2 nitrogen and oxygen atoms in total. The summed E-state index contributed by atoms with van der Waals surface area (Å²) >= 11 is 0. The van der Waals surface area contributed by atoms with Crippen LogP contribution in [0.15, 0.2) is 180 Å². The van der Waals surface area contributed by atoms with Crippen molar-refractivity contribution in [1.29, 1.82) is 0 Å². The summed E-state index contributed by atoms with van der Waals surface area (Å²) in [4.78, 5) is 7.88. The Labute approximate surface area is 351 Å². The van der Waals surface area contributed by atoms with Crippen LogP contribution in [-0.4, -0.2) is 20.6 Å². The molecule has 0 fully saturated rings. The van der Waals surface area contributed by atoms with Gasteiger partial charge in [-0.25, -0.2) is 0 Å². The summed E-state index contributed by atoms with van der Waals surface area (Å²) in [7, 11) is -3.01. The molecule has 0 aromatic heterocycles. The maximum Gasteiger partial charge on any atom is 0.117 e. The number of anilines is 6. The van der Waals surface area contributed by atoms with Crippen LogP contribution >= 0.6 is 10.0 Å². The molecule has 2 heterocycles. The van der Waals surface area contributed by atoms with Crippen molar-refractivity contribution in [2.24, 2.45) is 0 Å². The minimum Gasteiger partial charge on any atom is -0.310 e. The third-order valence-corrected chi connectivity index (χ3v) is 19.9. The lowest BCUT2D eigenvalue weighted by Crippen LogP contribution is -2.58. The lowest BCUT2D eigenvalue weighted by Gasteiger charge is -2.45. The van der Waals surface area contributed by atoms with Gasteiger partial charge in [0.1, 0.15) is 8.07 Å². The van der Waals surface area contributed by atoms with E-state index in [1.54, 1.807) is 0 Å². The van der Waals surface area contributed by atoms with Crippen LogP contribution in [0, 0.1) is 0 Å². The zero-order chi connectivity index (χ0) is 40.3. The molecular formula is C55H48N2SSi. The monoisotopic (exact) mass is 796 g/mol. The molecule has 0 spiro atoms. The summed E-state index contributed by atoms with van der Waals surface area (Å²) in [5.41, 5.74) is 15.4. The quantitative estimate of drug-likeness (QED) is 0.129. The molecule has 1 aliphatic carbocycles. The number of rotatable bonds is 4. The third-order valence-electron chi connectivity index (χ3n) is 13.5. The normalized spacial score (nSPS) is 16.8. The summed E-state index contributed by atoms with van der Waals surface area (Å²) < 4.78 is 0. The highest BCUT2D eigenvalue weighted by atomic mass is 32.3. The van der Waals surface area contributed by atoms with Gasteiger partial charge in [-0.1, -0.05) is 154 Å². The molecule has 2 aliphatic heterocycles. The van der Waals surface area contributed by atoms with Crippen LogP contribution in [0.3, 0.4) is 0 Å². The van der Waals surface area contributed by atoms with Gasteiger partial charge in [0, 0.05) is 37.7 Å². The number of para-hydroxylation sites is 4. The van der Waals surface area contributed by atoms with Gasteiger partial charge in [-0.3, -0.25) is 0 Å². The van der Waals surface area contributed by atoms with Crippen LogP contribution in [-0.2, 0) is 5.41 Å². The van der Waals surface area contributed by atoms with Crippen molar-refractivity contribution in [3.05, 3.63) is 192 Å². The fourth-order valence-electron chi connectivity index (χ4n) is 10.4. The molecule has 0 amide bonds. The van der Waals surface area contributed by atoms with Gasteiger partial charge in [0.15, 0.2) is 0 Å². The SMILES string of the molecule is CC1(C)c2cc(C=Cc3ccc(N4c5ccccc5[Si](C)(C)c5ccccc54)c4ccccc34)ccc2-c2ccc(N3c4ccccc4S(C)(C)c4ccccc43)cc21. The van der Waals surface area contributed by atoms with E-state index in [4.69, 9.17) is 0 Å². The summed E-state index contributed by atoms with van der Waals surface area (Å²) in [6.45, 7) is 9.76. The molecule has 0 radical (unpaired) electrons. The van der Waals surface area contributed by atoms with E-state index in [0.717, 1.165) is 0 Å². The molecule has 3 aliphatic rings. The zero-order valence-electron chi connectivity index (χ0n) is 34.6. The molecule has 59 heavy (non-hydrogen) atoms. The molecule has 11 rings (SSSR count). The molecular weight excluding hydrogens is 749 g/mol. The van der Waals surface area contributed by atoms with Crippen molar-refractivity contribution in [3.8, 4) is 11.1 Å². The van der Waals surface area contributed by atoms with Crippen molar-refractivity contribution in [2.45, 2.75) is 42.1 Å². The van der Waals surface area contributed by atoms with Crippen molar-refractivity contribution in [1.82, 2.24) is 0 Å². The first kappa shape index (κ1) is 36.0. The number of hydrogen-bond donors (Lipinski definition) is 0. The molecule has 4 heteroatoms. The highest BCUT2D eigenvalue weighted by Crippen LogP contribution is 2.67. The molecule has 8 aromatic rings. The van der Waals surface area contributed by atoms with E-state index in [-0.39, 0.29) is 5.41 Å². The predicted molar refractivity (Wildman–Crippen MR) is 259 cm³/mol. The number of fused-ring (bicyclic) bond motifs is 8.